The van der Waals surface area contributed by atoms with Crippen molar-refractivity contribution in [2.45, 2.75) is 19.6 Å². The number of aromatic nitrogens is 2. The SMILES string of the molecule is C[C@H](OC(=O)Cn1nc(-c2ccc(F)cc2)oc1=O)C(=O)N(C)C. The van der Waals surface area contributed by atoms with Crippen molar-refractivity contribution in [2.24, 2.45) is 0 Å². The van der Waals surface area contributed by atoms with Crippen LogP contribution in [-0.4, -0.2) is 46.8 Å². The second-order valence-electron chi connectivity index (χ2n) is 5.20. The molecule has 1 aromatic carbocycles. The molecule has 0 bridgehead atoms. The van der Waals surface area contributed by atoms with Gasteiger partial charge in [-0.1, -0.05) is 0 Å². The van der Waals surface area contributed by atoms with Crippen LogP contribution in [0.5, 0.6) is 0 Å². The fourth-order valence-electron chi connectivity index (χ4n) is 1.89. The molecule has 0 spiro atoms. The highest BCUT2D eigenvalue weighted by atomic mass is 19.1. The van der Waals surface area contributed by atoms with E-state index in [9.17, 15) is 18.8 Å². The van der Waals surface area contributed by atoms with E-state index in [1.165, 1.54) is 50.2 Å². The van der Waals surface area contributed by atoms with Crippen LogP contribution in [0.3, 0.4) is 0 Å². The van der Waals surface area contributed by atoms with Gasteiger partial charge in [0, 0.05) is 19.7 Å². The molecule has 0 aliphatic rings. The fraction of sp³-hybridized carbons (Fsp3) is 0.333. The highest BCUT2D eigenvalue weighted by Gasteiger charge is 2.21. The zero-order valence-electron chi connectivity index (χ0n) is 13.4. The normalized spacial score (nSPS) is 11.8. The first-order valence-corrected chi connectivity index (χ1v) is 7.02. The number of carbonyl (C=O) groups excluding carboxylic acids is 2. The van der Waals surface area contributed by atoms with Crippen LogP contribution in [0.1, 0.15) is 6.92 Å². The van der Waals surface area contributed by atoms with Gasteiger partial charge >= 0.3 is 11.7 Å². The summed E-state index contributed by atoms with van der Waals surface area (Å²) in [5, 5.41) is 3.86. The standard InChI is InChI=1S/C15H16FN3O5/c1-9(14(21)18(2)3)23-12(20)8-19-15(22)24-13(17-19)10-4-6-11(16)7-5-10/h4-7,9H,8H2,1-3H3/t9-/m0/s1. The van der Waals surface area contributed by atoms with Crippen molar-refractivity contribution >= 4 is 11.9 Å². The zero-order chi connectivity index (χ0) is 17.9. The molecule has 0 N–H and O–H groups in total. The quantitative estimate of drug-likeness (QED) is 0.744. The van der Waals surface area contributed by atoms with Crippen molar-refractivity contribution < 1.29 is 23.1 Å². The van der Waals surface area contributed by atoms with Crippen LogP contribution < -0.4 is 5.76 Å². The van der Waals surface area contributed by atoms with Gasteiger partial charge in [-0.3, -0.25) is 9.59 Å². The largest absolute Gasteiger partial charge is 0.451 e. The van der Waals surface area contributed by atoms with Gasteiger partial charge in [0.25, 0.3) is 5.91 Å². The van der Waals surface area contributed by atoms with Crippen molar-refractivity contribution in [3.05, 3.63) is 40.6 Å². The molecule has 1 atom stereocenters. The van der Waals surface area contributed by atoms with E-state index in [2.05, 4.69) is 5.10 Å². The molecule has 1 amide bonds. The summed E-state index contributed by atoms with van der Waals surface area (Å²) in [5.74, 6) is -2.55. The number of likely N-dealkylation sites (N-methyl/N-ethyl adjacent to an activating group) is 1. The average Bonchev–Trinajstić information content (AvgIpc) is 2.87. The van der Waals surface area contributed by atoms with Crippen LogP contribution >= 0.6 is 0 Å². The molecular formula is C15H16FN3O5. The molecule has 0 fully saturated rings. The molecule has 0 saturated carbocycles. The summed E-state index contributed by atoms with van der Waals surface area (Å²) in [4.78, 5) is 36.4. The Hall–Kier alpha value is -2.97. The van der Waals surface area contributed by atoms with Crippen LogP contribution in [-0.2, 0) is 20.9 Å². The molecule has 2 aromatic rings. The summed E-state index contributed by atoms with van der Waals surface area (Å²) in [5.41, 5.74) is 0.386. The van der Waals surface area contributed by atoms with Crippen LogP contribution in [0.15, 0.2) is 33.5 Å². The Morgan fingerprint density at radius 2 is 1.96 bits per heavy atom. The molecule has 9 heteroatoms. The number of carbonyl (C=O) groups is 2. The Labute approximate surface area is 136 Å². The second kappa shape index (κ2) is 7.07. The maximum Gasteiger partial charge on any atom is 0.437 e. The lowest BCUT2D eigenvalue weighted by Gasteiger charge is -2.16. The third kappa shape index (κ3) is 4.06. The predicted octanol–water partition coefficient (Wildman–Crippen LogP) is 0.662. The third-order valence-electron chi connectivity index (χ3n) is 3.07. The first-order valence-electron chi connectivity index (χ1n) is 7.02. The van der Waals surface area contributed by atoms with Gasteiger partial charge in [0.15, 0.2) is 6.10 Å². The van der Waals surface area contributed by atoms with Gasteiger partial charge in [-0.25, -0.2) is 9.18 Å². The number of amides is 1. The van der Waals surface area contributed by atoms with Gasteiger partial charge in [-0.2, -0.15) is 4.68 Å². The topological polar surface area (TPSA) is 94.6 Å². The Morgan fingerprint density at radius 1 is 1.33 bits per heavy atom. The molecule has 2 rings (SSSR count). The summed E-state index contributed by atoms with van der Waals surface area (Å²) < 4.78 is 23.5. The number of rotatable bonds is 5. The Balaban J connectivity index is 2.08. The monoisotopic (exact) mass is 337 g/mol. The lowest BCUT2D eigenvalue weighted by atomic mass is 10.2. The smallest absolute Gasteiger partial charge is 0.437 e. The van der Waals surface area contributed by atoms with Crippen molar-refractivity contribution in [3.8, 4) is 11.5 Å². The van der Waals surface area contributed by atoms with Gasteiger partial charge in [-0.05, 0) is 31.2 Å². The molecule has 1 aromatic heterocycles. The van der Waals surface area contributed by atoms with Crippen molar-refractivity contribution in [2.75, 3.05) is 14.1 Å². The van der Waals surface area contributed by atoms with Crippen LogP contribution in [0, 0.1) is 5.82 Å². The Morgan fingerprint density at radius 3 is 2.54 bits per heavy atom. The van der Waals surface area contributed by atoms with E-state index in [-0.39, 0.29) is 11.8 Å². The van der Waals surface area contributed by atoms with E-state index in [1.807, 2.05) is 0 Å². The van der Waals surface area contributed by atoms with Crippen molar-refractivity contribution in [1.29, 1.82) is 0 Å². The average molecular weight is 337 g/mol. The van der Waals surface area contributed by atoms with Gasteiger partial charge < -0.3 is 14.1 Å². The highest BCUT2D eigenvalue weighted by molar-refractivity contribution is 5.83. The zero-order valence-corrected chi connectivity index (χ0v) is 13.4. The summed E-state index contributed by atoms with van der Waals surface area (Å²) in [6.07, 6.45) is -0.980. The minimum atomic E-state index is -0.980. The molecule has 24 heavy (non-hydrogen) atoms. The first-order chi connectivity index (χ1) is 11.3. The number of nitrogens with zero attached hydrogens (tertiary/aromatic N) is 3. The number of halogens is 1. The number of esters is 1. The van der Waals surface area contributed by atoms with E-state index in [0.717, 1.165) is 4.68 Å². The molecule has 128 valence electrons. The van der Waals surface area contributed by atoms with Gasteiger partial charge in [-0.15, -0.1) is 5.10 Å². The summed E-state index contributed by atoms with van der Waals surface area (Å²) in [6.45, 7) is 0.921. The van der Waals surface area contributed by atoms with Gasteiger partial charge in [0.05, 0.1) is 0 Å². The second-order valence-corrected chi connectivity index (χ2v) is 5.20. The summed E-state index contributed by atoms with van der Waals surface area (Å²) >= 11 is 0. The first kappa shape index (κ1) is 17.4. The molecule has 0 unspecified atom stereocenters. The molecule has 0 saturated heterocycles. The third-order valence-corrected chi connectivity index (χ3v) is 3.07. The predicted molar refractivity (Wildman–Crippen MR) is 80.4 cm³/mol. The van der Waals surface area contributed by atoms with Crippen LogP contribution in [0.4, 0.5) is 4.39 Å². The lowest BCUT2D eigenvalue weighted by Crippen LogP contribution is -2.36. The van der Waals surface area contributed by atoms with E-state index in [0.29, 0.717) is 5.56 Å². The molecule has 0 aliphatic carbocycles. The lowest BCUT2D eigenvalue weighted by molar-refractivity contribution is -0.158. The van der Waals surface area contributed by atoms with Gasteiger partial charge in [0.2, 0.25) is 5.89 Å². The molecule has 8 nitrogen and oxygen atoms in total. The van der Waals surface area contributed by atoms with Gasteiger partial charge in [0.1, 0.15) is 12.4 Å². The van der Waals surface area contributed by atoms with Crippen molar-refractivity contribution in [3.63, 3.8) is 0 Å². The molecule has 1 heterocycles. The van der Waals surface area contributed by atoms with E-state index >= 15 is 0 Å². The maximum atomic E-state index is 12.9. The summed E-state index contributed by atoms with van der Waals surface area (Å²) in [6, 6.07) is 5.16. The number of ether oxygens (including phenoxy) is 1. The van der Waals surface area contributed by atoms with Crippen molar-refractivity contribution in [1.82, 2.24) is 14.7 Å². The number of hydrogen-bond acceptors (Lipinski definition) is 6. The molecule has 0 radical (unpaired) electrons. The Bertz CT molecular complexity index is 794. The molecule has 0 aliphatic heterocycles. The minimum Gasteiger partial charge on any atom is -0.451 e. The number of benzene rings is 1. The van der Waals surface area contributed by atoms with Crippen LogP contribution in [0.2, 0.25) is 0 Å². The fourth-order valence-corrected chi connectivity index (χ4v) is 1.89. The van der Waals surface area contributed by atoms with E-state index < -0.39 is 30.2 Å². The Kier molecular flexibility index (Phi) is 5.12. The van der Waals surface area contributed by atoms with E-state index in [1.54, 1.807) is 0 Å². The van der Waals surface area contributed by atoms with Crippen LogP contribution in [0.25, 0.3) is 11.5 Å². The molecular weight excluding hydrogens is 321 g/mol. The summed E-state index contributed by atoms with van der Waals surface area (Å²) in [7, 11) is 3.06. The highest BCUT2D eigenvalue weighted by Crippen LogP contribution is 2.15. The number of hydrogen-bond donors (Lipinski definition) is 0. The maximum absolute atomic E-state index is 12.9. The van der Waals surface area contributed by atoms with E-state index in [4.69, 9.17) is 9.15 Å². The minimum absolute atomic E-state index is 0.0507.